The molecule has 0 saturated heterocycles. The van der Waals surface area contributed by atoms with Gasteiger partial charge < -0.3 is 14.4 Å². The minimum Gasteiger partial charge on any atom is -0.455 e. The molecule has 0 unspecified atom stereocenters. The van der Waals surface area contributed by atoms with Crippen LogP contribution in [0, 0.1) is 0 Å². The van der Waals surface area contributed by atoms with Crippen molar-refractivity contribution in [2.24, 2.45) is 10.2 Å². The zero-order valence-corrected chi connectivity index (χ0v) is 14.7. The summed E-state index contributed by atoms with van der Waals surface area (Å²) < 4.78 is 5.54. The average molecular weight is 304 g/mol. The maximum Gasteiger partial charge on any atom is 0.148 e. The van der Waals surface area contributed by atoms with Crippen molar-refractivity contribution in [3.8, 4) is 0 Å². The molecule has 0 aliphatic carbocycles. The van der Waals surface area contributed by atoms with Gasteiger partial charge in [-0.3, -0.25) is 0 Å². The van der Waals surface area contributed by atoms with Crippen molar-refractivity contribution in [1.82, 2.24) is 10.0 Å². The molecule has 0 radical (unpaired) electrons. The van der Waals surface area contributed by atoms with Gasteiger partial charge in [-0.1, -0.05) is 32.0 Å². The molecule has 0 fully saturated rings. The fraction of sp³-hybridized carbons (Fsp3) is 0.412. The van der Waals surface area contributed by atoms with E-state index in [0.29, 0.717) is 0 Å². The summed E-state index contributed by atoms with van der Waals surface area (Å²) in [5.74, 6) is 0.778. The lowest BCUT2D eigenvalue weighted by Crippen LogP contribution is -2.01. The number of para-hydroxylation sites is 1. The first-order valence-corrected chi connectivity index (χ1v) is 7.38. The van der Waals surface area contributed by atoms with E-state index in [1.165, 1.54) is 0 Å². The second-order valence-corrected chi connectivity index (χ2v) is 4.50. The number of furan rings is 1. The lowest BCUT2D eigenvalue weighted by molar-refractivity contribution is 0.438. The van der Waals surface area contributed by atoms with Gasteiger partial charge in [-0.2, -0.15) is 10.2 Å². The number of fused-ring (bicyclic) bond motifs is 1. The summed E-state index contributed by atoms with van der Waals surface area (Å²) in [5, 5.41) is 12.5. The molecule has 5 nitrogen and oxygen atoms in total. The van der Waals surface area contributed by atoms with Crippen LogP contribution < -0.4 is 0 Å². The minimum atomic E-state index is 0.778. The van der Waals surface area contributed by atoms with Gasteiger partial charge in [0.05, 0.1) is 6.21 Å². The quantitative estimate of drug-likeness (QED) is 0.638. The maximum absolute atomic E-state index is 5.54. The molecule has 0 atom stereocenters. The predicted octanol–water partition coefficient (Wildman–Crippen LogP) is 3.91. The molecule has 0 amide bonds. The van der Waals surface area contributed by atoms with Crippen LogP contribution in [0.2, 0.25) is 0 Å². The normalized spacial score (nSPS) is 10.1. The Morgan fingerprint density at radius 1 is 0.955 bits per heavy atom. The monoisotopic (exact) mass is 304 g/mol. The summed E-state index contributed by atoms with van der Waals surface area (Å²) in [4.78, 5) is 0. The molecule has 1 aromatic carbocycles. The lowest BCUT2D eigenvalue weighted by atomic mass is 10.2. The van der Waals surface area contributed by atoms with Gasteiger partial charge in [0.2, 0.25) is 0 Å². The number of nitrogens with zero attached hydrogens (tertiary/aromatic N) is 4. The largest absolute Gasteiger partial charge is 0.455 e. The molecule has 0 aliphatic heterocycles. The van der Waals surface area contributed by atoms with Gasteiger partial charge in [-0.05, 0) is 19.1 Å². The molecule has 2 aromatic rings. The summed E-state index contributed by atoms with van der Waals surface area (Å²) in [6, 6.07) is 9.89. The molecule has 1 aromatic heterocycles. The van der Waals surface area contributed by atoms with Crippen molar-refractivity contribution in [1.29, 1.82) is 0 Å². The lowest BCUT2D eigenvalue weighted by Gasteiger charge is -2.00. The standard InChI is InChI=1S/C11H12N2O.C4H10N2.C2H6/c1-13(2)12-8-10-7-9-5-3-4-6-11(9)14-10;1-4-5-6(2)3;1-2/h3-8H,1-2H3;4H,1-3H3;1-2H3/b12-8-;5-4-;. The first kappa shape index (κ1) is 19.7. The summed E-state index contributed by atoms with van der Waals surface area (Å²) in [5.41, 5.74) is 0.896. The Bertz CT molecular complexity index is 538. The summed E-state index contributed by atoms with van der Waals surface area (Å²) in [6.07, 6.45) is 3.46. The van der Waals surface area contributed by atoms with E-state index in [1.807, 2.05) is 79.3 Å². The van der Waals surface area contributed by atoms with Gasteiger partial charge in [-0.15, -0.1) is 0 Å². The zero-order valence-electron chi connectivity index (χ0n) is 14.7. The van der Waals surface area contributed by atoms with E-state index < -0.39 is 0 Å². The number of hydrazone groups is 2. The Hall–Kier alpha value is -2.30. The van der Waals surface area contributed by atoms with Crippen LogP contribution in [0.15, 0.2) is 45.0 Å². The fourth-order valence-corrected chi connectivity index (χ4v) is 1.47. The molecule has 0 N–H and O–H groups in total. The van der Waals surface area contributed by atoms with Crippen molar-refractivity contribution in [3.05, 3.63) is 36.1 Å². The van der Waals surface area contributed by atoms with Crippen molar-refractivity contribution < 1.29 is 4.42 Å². The van der Waals surface area contributed by atoms with Crippen LogP contribution in [-0.4, -0.2) is 50.6 Å². The molecular weight excluding hydrogens is 276 g/mol. The van der Waals surface area contributed by atoms with E-state index in [1.54, 1.807) is 22.4 Å². The predicted molar refractivity (Wildman–Crippen MR) is 96.7 cm³/mol. The van der Waals surface area contributed by atoms with E-state index >= 15 is 0 Å². The van der Waals surface area contributed by atoms with Crippen LogP contribution in [-0.2, 0) is 0 Å². The van der Waals surface area contributed by atoms with E-state index in [-0.39, 0.29) is 0 Å². The maximum atomic E-state index is 5.54. The molecule has 22 heavy (non-hydrogen) atoms. The number of hydrogen-bond donors (Lipinski definition) is 0. The van der Waals surface area contributed by atoms with E-state index in [0.717, 1.165) is 16.7 Å². The first-order chi connectivity index (χ1) is 10.5. The van der Waals surface area contributed by atoms with Crippen LogP contribution in [0.5, 0.6) is 0 Å². The summed E-state index contributed by atoms with van der Waals surface area (Å²) in [7, 11) is 7.53. The highest BCUT2D eigenvalue weighted by Gasteiger charge is 1.99. The van der Waals surface area contributed by atoms with Crippen LogP contribution in [0.1, 0.15) is 26.5 Å². The van der Waals surface area contributed by atoms with Crippen molar-refractivity contribution in [2.75, 3.05) is 28.2 Å². The van der Waals surface area contributed by atoms with Crippen LogP contribution in [0.25, 0.3) is 11.0 Å². The Kier molecular flexibility index (Phi) is 10.2. The molecule has 1 heterocycles. The van der Waals surface area contributed by atoms with Crippen LogP contribution in [0.4, 0.5) is 0 Å². The second kappa shape index (κ2) is 11.4. The van der Waals surface area contributed by atoms with E-state index in [4.69, 9.17) is 4.42 Å². The number of benzene rings is 1. The average Bonchev–Trinajstić information content (AvgIpc) is 2.90. The molecule has 0 spiro atoms. The number of rotatable bonds is 3. The fourth-order valence-electron chi connectivity index (χ4n) is 1.47. The van der Waals surface area contributed by atoms with Gasteiger partial charge in [0.15, 0.2) is 0 Å². The Morgan fingerprint density at radius 2 is 1.55 bits per heavy atom. The van der Waals surface area contributed by atoms with E-state index in [2.05, 4.69) is 10.2 Å². The zero-order chi connectivity index (χ0) is 17.0. The van der Waals surface area contributed by atoms with Gasteiger partial charge in [0.1, 0.15) is 11.3 Å². The molecule has 5 heteroatoms. The molecule has 2 rings (SSSR count). The second-order valence-electron chi connectivity index (χ2n) is 4.50. The van der Waals surface area contributed by atoms with Gasteiger partial charge in [0.25, 0.3) is 0 Å². The number of hydrogen-bond acceptors (Lipinski definition) is 5. The third kappa shape index (κ3) is 8.09. The molecule has 0 saturated carbocycles. The van der Waals surface area contributed by atoms with Gasteiger partial charge in [0, 0.05) is 39.8 Å². The third-order valence-electron chi connectivity index (χ3n) is 2.21. The molecule has 0 bridgehead atoms. The highest BCUT2D eigenvalue weighted by Crippen LogP contribution is 2.17. The molecule has 122 valence electrons. The topological polar surface area (TPSA) is 44.3 Å². The van der Waals surface area contributed by atoms with Gasteiger partial charge >= 0.3 is 0 Å². The SMILES string of the molecule is C/C=N\N(C)C.CC.CN(C)/N=C\c1cc2ccccc2o1. The Balaban J connectivity index is 0.000000470. The molecule has 0 aliphatic rings. The smallest absolute Gasteiger partial charge is 0.148 e. The third-order valence-corrected chi connectivity index (χ3v) is 2.21. The van der Waals surface area contributed by atoms with Crippen molar-refractivity contribution >= 4 is 23.4 Å². The highest BCUT2D eigenvalue weighted by molar-refractivity contribution is 5.86. The highest BCUT2D eigenvalue weighted by atomic mass is 16.3. The van der Waals surface area contributed by atoms with Gasteiger partial charge in [-0.25, -0.2) is 0 Å². The first-order valence-electron chi connectivity index (χ1n) is 7.38. The van der Waals surface area contributed by atoms with Crippen LogP contribution in [0.3, 0.4) is 0 Å². The van der Waals surface area contributed by atoms with E-state index in [9.17, 15) is 0 Å². The Labute approximate surface area is 133 Å². The summed E-state index contributed by atoms with van der Waals surface area (Å²) >= 11 is 0. The molecular formula is C17H28N4O. The minimum absolute atomic E-state index is 0.778. The van der Waals surface area contributed by atoms with Crippen LogP contribution >= 0.6 is 0 Å². The summed E-state index contributed by atoms with van der Waals surface area (Å²) in [6.45, 7) is 5.89. The van der Waals surface area contributed by atoms with Crippen molar-refractivity contribution in [2.45, 2.75) is 20.8 Å². The Morgan fingerprint density at radius 3 is 2.00 bits per heavy atom. The van der Waals surface area contributed by atoms with Crippen molar-refractivity contribution in [3.63, 3.8) is 0 Å².